The van der Waals surface area contributed by atoms with Crippen LogP contribution >= 0.6 is 12.4 Å². The molecule has 0 radical (unpaired) electrons. The fourth-order valence-corrected chi connectivity index (χ4v) is 2.15. The van der Waals surface area contributed by atoms with E-state index in [2.05, 4.69) is 48.5 Å². The van der Waals surface area contributed by atoms with Crippen LogP contribution in [0, 0.1) is 0 Å². The van der Waals surface area contributed by atoms with E-state index in [1.54, 1.807) is 0 Å². The Kier molecular flexibility index (Phi) is 3.51. The molecule has 88 valence electrons. The summed E-state index contributed by atoms with van der Waals surface area (Å²) in [5, 5.41) is 0. The monoisotopic (exact) mass is 245 g/mol. The van der Waals surface area contributed by atoms with Crippen molar-refractivity contribution < 1.29 is 0 Å². The zero-order valence-corrected chi connectivity index (χ0v) is 10.4. The molecule has 0 amide bonds. The third-order valence-electron chi connectivity index (χ3n) is 3.29. The molecular weight excluding hydrogens is 230 g/mol. The highest BCUT2D eigenvalue weighted by atomic mass is 35.5. The summed E-state index contributed by atoms with van der Waals surface area (Å²) >= 11 is 0. The quantitative estimate of drug-likeness (QED) is 0.860. The molecule has 0 bridgehead atoms. The van der Waals surface area contributed by atoms with Crippen LogP contribution in [0.5, 0.6) is 0 Å². The van der Waals surface area contributed by atoms with Crippen molar-refractivity contribution in [3.05, 3.63) is 60.2 Å². The van der Waals surface area contributed by atoms with E-state index in [4.69, 9.17) is 5.73 Å². The molecule has 1 saturated carbocycles. The highest BCUT2D eigenvalue weighted by molar-refractivity contribution is 5.85. The number of nitrogens with two attached hydrogens (primary N) is 1. The maximum atomic E-state index is 5.85. The normalized spacial score (nSPS) is 21.7. The van der Waals surface area contributed by atoms with Crippen LogP contribution in [0.4, 0.5) is 0 Å². The van der Waals surface area contributed by atoms with Crippen LogP contribution < -0.4 is 5.73 Å². The zero-order valence-electron chi connectivity index (χ0n) is 9.54. The van der Waals surface area contributed by atoms with Crippen molar-refractivity contribution in [2.45, 2.75) is 18.4 Å². The fourth-order valence-electron chi connectivity index (χ4n) is 2.15. The Labute approximate surface area is 108 Å². The minimum Gasteiger partial charge on any atom is -0.327 e. The smallest absolute Gasteiger partial charge is 0.0115 e. The second-order valence-electron chi connectivity index (χ2n) is 4.49. The number of rotatable bonds is 2. The highest BCUT2D eigenvalue weighted by Gasteiger charge is 2.34. The molecule has 2 heteroatoms. The maximum absolute atomic E-state index is 5.85. The largest absolute Gasteiger partial charge is 0.327 e. The summed E-state index contributed by atoms with van der Waals surface area (Å²) in [6.07, 6.45) is 1.14. The van der Waals surface area contributed by atoms with Crippen LogP contribution in [0.15, 0.2) is 54.6 Å². The van der Waals surface area contributed by atoms with Crippen LogP contribution in [0.1, 0.15) is 17.9 Å². The lowest BCUT2D eigenvalue weighted by Gasteiger charge is -2.03. The second-order valence-corrected chi connectivity index (χ2v) is 4.49. The average molecular weight is 246 g/mol. The summed E-state index contributed by atoms with van der Waals surface area (Å²) in [6, 6.07) is 19.6. The molecule has 3 rings (SSSR count). The van der Waals surface area contributed by atoms with Crippen molar-refractivity contribution in [1.29, 1.82) is 0 Å². The van der Waals surface area contributed by atoms with Crippen LogP contribution in [0.25, 0.3) is 11.1 Å². The molecule has 1 fully saturated rings. The van der Waals surface area contributed by atoms with E-state index >= 15 is 0 Å². The molecule has 2 aromatic rings. The Morgan fingerprint density at radius 2 is 1.35 bits per heavy atom. The molecule has 0 heterocycles. The van der Waals surface area contributed by atoms with Gasteiger partial charge < -0.3 is 5.73 Å². The van der Waals surface area contributed by atoms with Gasteiger partial charge in [0.1, 0.15) is 0 Å². The van der Waals surface area contributed by atoms with E-state index in [9.17, 15) is 0 Å². The van der Waals surface area contributed by atoms with Gasteiger partial charge in [0.25, 0.3) is 0 Å². The maximum Gasteiger partial charge on any atom is 0.0115 e. The van der Waals surface area contributed by atoms with Gasteiger partial charge in [0, 0.05) is 12.0 Å². The molecule has 1 aliphatic carbocycles. The first-order valence-electron chi connectivity index (χ1n) is 5.75. The Morgan fingerprint density at radius 1 is 0.824 bits per heavy atom. The molecule has 17 heavy (non-hydrogen) atoms. The van der Waals surface area contributed by atoms with E-state index in [0.29, 0.717) is 12.0 Å². The first kappa shape index (κ1) is 12.2. The fraction of sp³-hybridized carbons (Fsp3) is 0.200. The topological polar surface area (TPSA) is 26.0 Å². The van der Waals surface area contributed by atoms with Crippen LogP contribution in [0.2, 0.25) is 0 Å². The van der Waals surface area contributed by atoms with Crippen LogP contribution in [-0.4, -0.2) is 6.04 Å². The Balaban J connectivity index is 0.00000108. The lowest BCUT2D eigenvalue weighted by atomic mass is 10.0. The number of hydrogen-bond donors (Lipinski definition) is 1. The van der Waals surface area contributed by atoms with Gasteiger partial charge in [-0.3, -0.25) is 0 Å². The summed E-state index contributed by atoms with van der Waals surface area (Å²) in [5.41, 5.74) is 9.78. The molecular formula is C15H16ClN. The molecule has 2 atom stereocenters. The van der Waals surface area contributed by atoms with Crippen molar-refractivity contribution in [2.24, 2.45) is 5.73 Å². The third-order valence-corrected chi connectivity index (χ3v) is 3.29. The molecule has 1 nitrogen and oxygen atoms in total. The number of halogens is 1. The lowest BCUT2D eigenvalue weighted by molar-refractivity contribution is 0.991. The van der Waals surface area contributed by atoms with Crippen molar-refractivity contribution in [3.8, 4) is 11.1 Å². The third kappa shape index (κ3) is 2.51. The van der Waals surface area contributed by atoms with Gasteiger partial charge in [-0.05, 0) is 23.1 Å². The van der Waals surface area contributed by atoms with Crippen LogP contribution in [-0.2, 0) is 0 Å². The summed E-state index contributed by atoms with van der Waals surface area (Å²) in [5.74, 6) is 0.602. The summed E-state index contributed by atoms with van der Waals surface area (Å²) < 4.78 is 0. The van der Waals surface area contributed by atoms with Gasteiger partial charge in [-0.25, -0.2) is 0 Å². The SMILES string of the molecule is Cl.N[C@@H]1CC1c1ccc(-c2ccccc2)cc1. The summed E-state index contributed by atoms with van der Waals surface area (Å²) in [4.78, 5) is 0. The summed E-state index contributed by atoms with van der Waals surface area (Å²) in [7, 11) is 0. The molecule has 0 saturated heterocycles. The van der Waals surface area contributed by atoms with Crippen molar-refractivity contribution in [3.63, 3.8) is 0 Å². The number of hydrogen-bond acceptors (Lipinski definition) is 1. The van der Waals surface area contributed by atoms with Crippen molar-refractivity contribution in [2.75, 3.05) is 0 Å². The van der Waals surface area contributed by atoms with Gasteiger partial charge in [-0.2, -0.15) is 0 Å². The second kappa shape index (κ2) is 4.91. The van der Waals surface area contributed by atoms with Gasteiger partial charge in [0.05, 0.1) is 0 Å². The first-order chi connectivity index (χ1) is 7.84. The number of benzene rings is 2. The molecule has 1 unspecified atom stereocenters. The predicted molar refractivity (Wildman–Crippen MR) is 74.5 cm³/mol. The Morgan fingerprint density at radius 3 is 1.88 bits per heavy atom. The highest BCUT2D eigenvalue weighted by Crippen LogP contribution is 2.39. The lowest BCUT2D eigenvalue weighted by Crippen LogP contribution is -2.00. The van der Waals surface area contributed by atoms with Gasteiger partial charge >= 0.3 is 0 Å². The van der Waals surface area contributed by atoms with E-state index in [1.807, 2.05) is 6.07 Å². The first-order valence-corrected chi connectivity index (χ1v) is 5.75. The predicted octanol–water partition coefficient (Wildman–Crippen LogP) is 3.59. The Bertz CT molecular complexity index is 478. The van der Waals surface area contributed by atoms with E-state index in [-0.39, 0.29) is 12.4 Å². The van der Waals surface area contributed by atoms with Gasteiger partial charge in [0.2, 0.25) is 0 Å². The van der Waals surface area contributed by atoms with Crippen molar-refractivity contribution in [1.82, 2.24) is 0 Å². The minimum atomic E-state index is 0. The molecule has 0 spiro atoms. The standard InChI is InChI=1S/C15H15N.ClH/c16-15-10-14(15)13-8-6-12(7-9-13)11-4-2-1-3-5-11;/h1-9,14-15H,10,16H2;1H/t14?,15-;/m1./s1. The molecule has 0 aromatic heterocycles. The van der Waals surface area contributed by atoms with Gasteiger partial charge in [0.15, 0.2) is 0 Å². The zero-order chi connectivity index (χ0) is 11.0. The molecule has 2 aromatic carbocycles. The van der Waals surface area contributed by atoms with Gasteiger partial charge in [-0.15, -0.1) is 12.4 Å². The van der Waals surface area contributed by atoms with E-state index < -0.39 is 0 Å². The van der Waals surface area contributed by atoms with E-state index in [0.717, 1.165) is 6.42 Å². The molecule has 1 aliphatic rings. The van der Waals surface area contributed by atoms with E-state index in [1.165, 1.54) is 16.7 Å². The summed E-state index contributed by atoms with van der Waals surface area (Å²) in [6.45, 7) is 0. The van der Waals surface area contributed by atoms with Gasteiger partial charge in [-0.1, -0.05) is 54.6 Å². The minimum absolute atomic E-state index is 0. The van der Waals surface area contributed by atoms with Crippen molar-refractivity contribution >= 4 is 12.4 Å². The van der Waals surface area contributed by atoms with Crippen LogP contribution in [0.3, 0.4) is 0 Å². The molecule has 2 N–H and O–H groups in total. The molecule has 0 aliphatic heterocycles. The Hall–Kier alpha value is -1.31. The average Bonchev–Trinajstić information content (AvgIpc) is 3.08.